The van der Waals surface area contributed by atoms with Gasteiger partial charge < -0.3 is 10.1 Å². The molecule has 0 spiro atoms. The van der Waals surface area contributed by atoms with Gasteiger partial charge in [0.2, 0.25) is 0 Å². The molecule has 1 aliphatic rings. The molecule has 0 unspecified atom stereocenters. The van der Waals surface area contributed by atoms with Gasteiger partial charge in [-0.15, -0.1) is 0 Å². The van der Waals surface area contributed by atoms with Gasteiger partial charge in [0.1, 0.15) is 11.0 Å². The summed E-state index contributed by atoms with van der Waals surface area (Å²) in [5.74, 6) is 0.798. The Morgan fingerprint density at radius 3 is 3.08 bits per heavy atom. The second-order valence-corrected chi connectivity index (χ2v) is 2.86. The molecule has 1 N–H and O–H groups in total. The third-order valence-corrected chi connectivity index (χ3v) is 2.10. The van der Waals surface area contributed by atoms with E-state index in [9.17, 15) is 0 Å². The molecule has 0 atom stereocenters. The average Bonchev–Trinajstić information content (AvgIpc) is 2.52. The highest BCUT2D eigenvalue weighted by molar-refractivity contribution is 6.30. The number of hydrogen-bond donors (Lipinski definition) is 1. The fourth-order valence-electron chi connectivity index (χ4n) is 1.20. The standard InChI is InChI=1S/C7H8ClN3O/c1-12-7-10-5(8)4-2-3-9-6(4)11-7/h2-3H2,1H3,(H,9,10,11). The predicted octanol–water partition coefficient (Wildman–Crippen LogP) is 1.11. The van der Waals surface area contributed by atoms with Gasteiger partial charge in [0.15, 0.2) is 0 Å². The number of nitrogens with zero attached hydrogens (tertiary/aromatic N) is 2. The van der Waals surface area contributed by atoms with E-state index >= 15 is 0 Å². The quantitative estimate of drug-likeness (QED) is 0.666. The number of anilines is 1. The zero-order valence-electron chi connectivity index (χ0n) is 6.59. The van der Waals surface area contributed by atoms with Crippen LogP contribution in [0.15, 0.2) is 0 Å². The molecular weight excluding hydrogens is 178 g/mol. The summed E-state index contributed by atoms with van der Waals surface area (Å²) in [4.78, 5) is 8.06. The van der Waals surface area contributed by atoms with E-state index in [0.717, 1.165) is 24.3 Å². The average molecular weight is 186 g/mol. The van der Waals surface area contributed by atoms with E-state index in [1.54, 1.807) is 0 Å². The van der Waals surface area contributed by atoms with Crippen LogP contribution in [-0.4, -0.2) is 23.6 Å². The largest absolute Gasteiger partial charge is 0.467 e. The first-order valence-electron chi connectivity index (χ1n) is 3.65. The molecule has 0 radical (unpaired) electrons. The van der Waals surface area contributed by atoms with Crippen LogP contribution in [-0.2, 0) is 6.42 Å². The van der Waals surface area contributed by atoms with Gasteiger partial charge in [-0.1, -0.05) is 11.6 Å². The summed E-state index contributed by atoms with van der Waals surface area (Å²) in [6.45, 7) is 0.872. The normalized spacial score (nSPS) is 13.8. The van der Waals surface area contributed by atoms with Crippen LogP contribution in [0.5, 0.6) is 6.01 Å². The van der Waals surface area contributed by atoms with Crippen molar-refractivity contribution < 1.29 is 4.74 Å². The van der Waals surface area contributed by atoms with Crippen LogP contribution < -0.4 is 10.1 Å². The van der Waals surface area contributed by atoms with Gasteiger partial charge in [-0.25, -0.2) is 0 Å². The Balaban J connectivity index is 2.51. The first kappa shape index (κ1) is 7.61. The van der Waals surface area contributed by atoms with Crippen LogP contribution in [0.1, 0.15) is 5.56 Å². The predicted molar refractivity (Wildman–Crippen MR) is 45.8 cm³/mol. The summed E-state index contributed by atoms with van der Waals surface area (Å²) >= 11 is 5.88. The van der Waals surface area contributed by atoms with Crippen LogP contribution in [0.4, 0.5) is 5.82 Å². The van der Waals surface area contributed by atoms with E-state index in [-0.39, 0.29) is 0 Å². The summed E-state index contributed by atoms with van der Waals surface area (Å²) in [5, 5.41) is 3.59. The molecule has 1 aliphatic heterocycles. The van der Waals surface area contributed by atoms with Gasteiger partial charge in [0, 0.05) is 12.1 Å². The molecule has 2 rings (SSSR count). The van der Waals surface area contributed by atoms with Crippen molar-refractivity contribution in [1.82, 2.24) is 9.97 Å². The van der Waals surface area contributed by atoms with Crippen molar-refractivity contribution >= 4 is 17.4 Å². The molecule has 0 amide bonds. The lowest BCUT2D eigenvalue weighted by atomic mass is 10.3. The Morgan fingerprint density at radius 2 is 2.33 bits per heavy atom. The summed E-state index contributed by atoms with van der Waals surface area (Å²) in [6.07, 6.45) is 0.887. The molecule has 4 nitrogen and oxygen atoms in total. The van der Waals surface area contributed by atoms with Crippen molar-refractivity contribution in [2.24, 2.45) is 0 Å². The molecular formula is C7H8ClN3O. The number of methoxy groups -OCH3 is 1. The Morgan fingerprint density at radius 1 is 1.50 bits per heavy atom. The summed E-state index contributed by atoms with van der Waals surface area (Å²) in [6, 6.07) is 0.313. The summed E-state index contributed by atoms with van der Waals surface area (Å²) in [7, 11) is 1.52. The monoisotopic (exact) mass is 185 g/mol. The third kappa shape index (κ3) is 1.08. The Labute approximate surface area is 74.9 Å². The fourth-order valence-corrected chi connectivity index (χ4v) is 1.46. The zero-order chi connectivity index (χ0) is 8.55. The molecule has 64 valence electrons. The van der Waals surface area contributed by atoms with Crippen LogP contribution in [0.2, 0.25) is 5.15 Å². The van der Waals surface area contributed by atoms with Crippen LogP contribution in [0, 0.1) is 0 Å². The highest BCUT2D eigenvalue weighted by atomic mass is 35.5. The Kier molecular flexibility index (Phi) is 1.77. The molecule has 0 saturated carbocycles. The van der Waals surface area contributed by atoms with Crippen molar-refractivity contribution in [3.8, 4) is 6.01 Å². The van der Waals surface area contributed by atoms with E-state index in [2.05, 4.69) is 15.3 Å². The first-order valence-corrected chi connectivity index (χ1v) is 4.03. The Bertz CT molecular complexity index is 316. The number of aromatic nitrogens is 2. The van der Waals surface area contributed by atoms with Gasteiger partial charge in [-0.2, -0.15) is 9.97 Å². The second-order valence-electron chi connectivity index (χ2n) is 2.51. The van der Waals surface area contributed by atoms with Crippen LogP contribution in [0.3, 0.4) is 0 Å². The number of hydrogen-bond acceptors (Lipinski definition) is 4. The van der Waals surface area contributed by atoms with E-state index in [0.29, 0.717) is 11.2 Å². The van der Waals surface area contributed by atoms with Crippen LogP contribution >= 0.6 is 11.6 Å². The van der Waals surface area contributed by atoms with Crippen LogP contribution in [0.25, 0.3) is 0 Å². The molecule has 0 fully saturated rings. The number of ether oxygens (including phenoxy) is 1. The maximum atomic E-state index is 5.88. The zero-order valence-corrected chi connectivity index (χ0v) is 7.35. The highest BCUT2D eigenvalue weighted by Gasteiger charge is 2.17. The van der Waals surface area contributed by atoms with E-state index in [4.69, 9.17) is 16.3 Å². The van der Waals surface area contributed by atoms with Gasteiger partial charge in [-0.05, 0) is 6.42 Å². The van der Waals surface area contributed by atoms with Gasteiger partial charge in [-0.3, -0.25) is 0 Å². The smallest absolute Gasteiger partial charge is 0.319 e. The maximum absolute atomic E-state index is 5.88. The lowest BCUT2D eigenvalue weighted by molar-refractivity contribution is 0.380. The maximum Gasteiger partial charge on any atom is 0.319 e. The fraction of sp³-hybridized carbons (Fsp3) is 0.429. The van der Waals surface area contributed by atoms with Crippen molar-refractivity contribution in [3.63, 3.8) is 0 Å². The van der Waals surface area contributed by atoms with Gasteiger partial charge in [0.05, 0.1) is 7.11 Å². The molecule has 0 saturated heterocycles. The first-order chi connectivity index (χ1) is 5.81. The Hall–Kier alpha value is -1.03. The molecule has 0 aliphatic carbocycles. The molecule has 12 heavy (non-hydrogen) atoms. The SMILES string of the molecule is COc1nc(Cl)c2c(n1)NCC2. The number of halogens is 1. The number of nitrogens with one attached hydrogen (secondary N) is 1. The topological polar surface area (TPSA) is 47.0 Å². The van der Waals surface area contributed by atoms with Gasteiger partial charge >= 0.3 is 6.01 Å². The summed E-state index contributed by atoms with van der Waals surface area (Å²) < 4.78 is 4.87. The van der Waals surface area contributed by atoms with Crippen molar-refractivity contribution in [3.05, 3.63) is 10.7 Å². The summed E-state index contributed by atoms with van der Waals surface area (Å²) in [5.41, 5.74) is 0.984. The molecule has 1 aromatic rings. The van der Waals surface area contributed by atoms with E-state index in [1.165, 1.54) is 7.11 Å². The minimum atomic E-state index is 0.313. The van der Waals surface area contributed by atoms with Crippen molar-refractivity contribution in [1.29, 1.82) is 0 Å². The second kappa shape index (κ2) is 2.79. The molecule has 2 heterocycles. The lowest BCUT2D eigenvalue weighted by Gasteiger charge is -2.02. The minimum absolute atomic E-state index is 0.313. The molecule has 1 aromatic heterocycles. The minimum Gasteiger partial charge on any atom is -0.467 e. The van der Waals surface area contributed by atoms with Crippen molar-refractivity contribution in [2.45, 2.75) is 6.42 Å². The third-order valence-electron chi connectivity index (χ3n) is 1.79. The highest BCUT2D eigenvalue weighted by Crippen LogP contribution is 2.27. The molecule has 0 bridgehead atoms. The van der Waals surface area contributed by atoms with E-state index < -0.39 is 0 Å². The van der Waals surface area contributed by atoms with Gasteiger partial charge in [0.25, 0.3) is 0 Å². The van der Waals surface area contributed by atoms with E-state index in [1.807, 2.05) is 0 Å². The molecule has 0 aromatic carbocycles. The molecule has 5 heteroatoms. The lowest BCUT2D eigenvalue weighted by Crippen LogP contribution is -1.97. The number of rotatable bonds is 1. The number of fused-ring (bicyclic) bond motifs is 1. The van der Waals surface area contributed by atoms with Crippen molar-refractivity contribution in [2.75, 3.05) is 19.0 Å².